The maximum absolute atomic E-state index is 13.7. The van der Waals surface area contributed by atoms with E-state index in [2.05, 4.69) is 5.32 Å². The smallest absolute Gasteiger partial charge is 0.231 e. The summed E-state index contributed by atoms with van der Waals surface area (Å²) in [7, 11) is 1.55. The van der Waals surface area contributed by atoms with Gasteiger partial charge in [0.05, 0.1) is 12.8 Å². The van der Waals surface area contributed by atoms with Gasteiger partial charge in [-0.25, -0.2) is 4.39 Å². The van der Waals surface area contributed by atoms with Gasteiger partial charge in [0.15, 0.2) is 11.5 Å². The first kappa shape index (κ1) is 12.6. The Balaban J connectivity index is 1.73. The normalized spacial score (nSPS) is 12.3. The second-order valence-corrected chi connectivity index (χ2v) is 4.39. The highest BCUT2D eigenvalue weighted by molar-refractivity contribution is 5.51. The number of rotatable bonds is 4. The Morgan fingerprint density at radius 3 is 2.85 bits per heavy atom. The highest BCUT2D eigenvalue weighted by atomic mass is 19.1. The van der Waals surface area contributed by atoms with Gasteiger partial charge >= 0.3 is 0 Å². The van der Waals surface area contributed by atoms with Crippen LogP contribution in [0.2, 0.25) is 0 Å². The lowest BCUT2D eigenvalue weighted by Crippen LogP contribution is -2.01. The van der Waals surface area contributed by atoms with Gasteiger partial charge in [0, 0.05) is 12.6 Å². The molecular weight excluding hydrogens is 261 g/mol. The Hall–Kier alpha value is -2.43. The van der Waals surface area contributed by atoms with E-state index < -0.39 is 0 Å². The van der Waals surface area contributed by atoms with Crippen LogP contribution in [0, 0.1) is 5.82 Å². The van der Waals surface area contributed by atoms with Crippen LogP contribution >= 0.6 is 0 Å². The number of benzene rings is 2. The molecule has 0 spiro atoms. The van der Waals surface area contributed by atoms with E-state index in [0.717, 1.165) is 17.1 Å². The molecule has 0 aromatic heterocycles. The number of hydrogen-bond acceptors (Lipinski definition) is 4. The molecule has 0 fully saturated rings. The summed E-state index contributed by atoms with van der Waals surface area (Å²) in [6, 6.07) is 10.2. The lowest BCUT2D eigenvalue weighted by molar-refractivity contribution is 0.174. The standard InChI is InChI=1S/C15H14FNO3/c1-18-11-3-4-12(16)13(7-11)17-8-10-2-5-14-15(6-10)20-9-19-14/h2-7,17H,8-9H2,1H3. The monoisotopic (exact) mass is 275 g/mol. The summed E-state index contributed by atoms with van der Waals surface area (Å²) in [5.74, 6) is 1.75. The van der Waals surface area contributed by atoms with Crippen molar-refractivity contribution in [2.75, 3.05) is 19.2 Å². The average molecular weight is 275 g/mol. The quantitative estimate of drug-likeness (QED) is 0.930. The van der Waals surface area contributed by atoms with Crippen molar-refractivity contribution in [3.63, 3.8) is 0 Å². The molecule has 0 amide bonds. The van der Waals surface area contributed by atoms with Gasteiger partial charge in [-0.1, -0.05) is 6.07 Å². The number of methoxy groups -OCH3 is 1. The second kappa shape index (κ2) is 5.28. The van der Waals surface area contributed by atoms with Gasteiger partial charge in [-0.15, -0.1) is 0 Å². The molecular formula is C15H14FNO3. The Kier molecular flexibility index (Phi) is 3.33. The van der Waals surface area contributed by atoms with Gasteiger partial charge in [0.1, 0.15) is 11.6 Å². The number of nitrogens with one attached hydrogen (secondary N) is 1. The van der Waals surface area contributed by atoms with Crippen molar-refractivity contribution < 1.29 is 18.6 Å². The van der Waals surface area contributed by atoms with Crippen molar-refractivity contribution in [3.05, 3.63) is 47.8 Å². The third kappa shape index (κ3) is 2.47. The first-order valence-corrected chi connectivity index (χ1v) is 6.22. The Morgan fingerprint density at radius 2 is 2.00 bits per heavy atom. The molecule has 4 nitrogen and oxygen atoms in total. The van der Waals surface area contributed by atoms with Crippen molar-refractivity contribution in [2.45, 2.75) is 6.54 Å². The van der Waals surface area contributed by atoms with E-state index in [0.29, 0.717) is 18.0 Å². The zero-order valence-electron chi connectivity index (χ0n) is 11.0. The summed E-state index contributed by atoms with van der Waals surface area (Å²) in [6.45, 7) is 0.734. The summed E-state index contributed by atoms with van der Waals surface area (Å²) >= 11 is 0. The fourth-order valence-electron chi connectivity index (χ4n) is 2.02. The second-order valence-electron chi connectivity index (χ2n) is 4.39. The molecule has 20 heavy (non-hydrogen) atoms. The molecule has 2 aromatic rings. The molecule has 0 atom stereocenters. The first-order chi connectivity index (χ1) is 9.76. The van der Waals surface area contributed by atoms with E-state index in [4.69, 9.17) is 14.2 Å². The molecule has 1 aliphatic rings. The zero-order valence-corrected chi connectivity index (χ0v) is 11.0. The number of ether oxygens (including phenoxy) is 3. The van der Waals surface area contributed by atoms with Crippen molar-refractivity contribution >= 4 is 5.69 Å². The fraction of sp³-hybridized carbons (Fsp3) is 0.200. The van der Waals surface area contributed by atoms with Gasteiger partial charge in [-0.3, -0.25) is 0 Å². The summed E-state index contributed by atoms with van der Waals surface area (Å²) in [4.78, 5) is 0. The van der Waals surface area contributed by atoms with Gasteiger partial charge < -0.3 is 19.5 Å². The lowest BCUT2D eigenvalue weighted by Gasteiger charge is -2.10. The topological polar surface area (TPSA) is 39.7 Å². The molecule has 2 aromatic carbocycles. The van der Waals surface area contributed by atoms with Crippen molar-refractivity contribution in [1.82, 2.24) is 0 Å². The number of anilines is 1. The molecule has 0 radical (unpaired) electrons. The summed E-state index contributed by atoms with van der Waals surface area (Å²) in [5.41, 5.74) is 1.39. The molecule has 1 N–H and O–H groups in total. The Morgan fingerprint density at radius 1 is 1.15 bits per heavy atom. The Bertz CT molecular complexity index is 631. The highest BCUT2D eigenvalue weighted by Gasteiger charge is 2.13. The maximum Gasteiger partial charge on any atom is 0.231 e. The molecule has 1 aliphatic heterocycles. The van der Waals surface area contributed by atoms with Crippen molar-refractivity contribution in [3.8, 4) is 17.2 Å². The molecule has 0 saturated carbocycles. The molecule has 3 rings (SSSR count). The summed E-state index contributed by atoms with van der Waals surface area (Å²) in [5, 5.41) is 3.04. The third-order valence-electron chi connectivity index (χ3n) is 3.09. The van der Waals surface area contributed by atoms with Crippen LogP contribution < -0.4 is 19.5 Å². The van der Waals surface area contributed by atoms with E-state index in [9.17, 15) is 4.39 Å². The van der Waals surface area contributed by atoms with Crippen LogP contribution in [0.3, 0.4) is 0 Å². The Labute approximate surface area is 116 Å². The largest absolute Gasteiger partial charge is 0.497 e. The zero-order chi connectivity index (χ0) is 13.9. The average Bonchev–Trinajstić information content (AvgIpc) is 2.94. The predicted molar refractivity (Wildman–Crippen MR) is 72.8 cm³/mol. The fourth-order valence-corrected chi connectivity index (χ4v) is 2.02. The van der Waals surface area contributed by atoms with Crippen LogP contribution in [-0.4, -0.2) is 13.9 Å². The van der Waals surface area contributed by atoms with E-state index in [1.165, 1.54) is 6.07 Å². The molecule has 0 saturated heterocycles. The maximum atomic E-state index is 13.7. The molecule has 104 valence electrons. The first-order valence-electron chi connectivity index (χ1n) is 6.22. The lowest BCUT2D eigenvalue weighted by atomic mass is 10.2. The summed E-state index contributed by atoms with van der Waals surface area (Å²) < 4.78 is 29.3. The van der Waals surface area contributed by atoms with Gasteiger partial charge in [-0.05, 0) is 29.8 Å². The van der Waals surface area contributed by atoms with Gasteiger partial charge in [0.2, 0.25) is 6.79 Å². The third-order valence-corrected chi connectivity index (χ3v) is 3.09. The highest BCUT2D eigenvalue weighted by Crippen LogP contribution is 2.32. The van der Waals surface area contributed by atoms with Crippen LogP contribution in [0.1, 0.15) is 5.56 Å². The van der Waals surface area contributed by atoms with Crippen LogP contribution in [-0.2, 0) is 6.54 Å². The van der Waals surface area contributed by atoms with E-state index >= 15 is 0 Å². The van der Waals surface area contributed by atoms with Gasteiger partial charge in [-0.2, -0.15) is 0 Å². The predicted octanol–water partition coefficient (Wildman–Crippen LogP) is 3.18. The molecule has 0 aliphatic carbocycles. The van der Waals surface area contributed by atoms with Crippen molar-refractivity contribution in [2.24, 2.45) is 0 Å². The van der Waals surface area contributed by atoms with Crippen LogP contribution in [0.25, 0.3) is 0 Å². The SMILES string of the molecule is COc1ccc(F)c(NCc2ccc3c(c2)OCO3)c1. The van der Waals surface area contributed by atoms with Crippen LogP contribution in [0.4, 0.5) is 10.1 Å². The molecule has 1 heterocycles. The van der Waals surface area contributed by atoms with Crippen LogP contribution in [0.5, 0.6) is 17.2 Å². The summed E-state index contributed by atoms with van der Waals surface area (Å²) in [6.07, 6.45) is 0. The molecule has 0 unspecified atom stereocenters. The molecule has 5 heteroatoms. The van der Waals surface area contributed by atoms with E-state index in [1.54, 1.807) is 19.2 Å². The van der Waals surface area contributed by atoms with E-state index in [-0.39, 0.29) is 12.6 Å². The van der Waals surface area contributed by atoms with Crippen LogP contribution in [0.15, 0.2) is 36.4 Å². The van der Waals surface area contributed by atoms with Gasteiger partial charge in [0.25, 0.3) is 0 Å². The molecule has 0 bridgehead atoms. The minimum Gasteiger partial charge on any atom is -0.497 e. The number of halogens is 1. The number of hydrogen-bond donors (Lipinski definition) is 1. The van der Waals surface area contributed by atoms with E-state index in [1.807, 2.05) is 18.2 Å². The van der Waals surface area contributed by atoms with Crippen molar-refractivity contribution in [1.29, 1.82) is 0 Å². The minimum absolute atomic E-state index is 0.247. The minimum atomic E-state index is -0.313. The number of fused-ring (bicyclic) bond motifs is 1.